The highest BCUT2D eigenvalue weighted by molar-refractivity contribution is 9.10. The van der Waals surface area contributed by atoms with Crippen LogP contribution in [0.5, 0.6) is 0 Å². The zero-order valence-electron chi connectivity index (χ0n) is 8.88. The van der Waals surface area contributed by atoms with Crippen molar-refractivity contribution in [2.24, 2.45) is 0 Å². The Balaban J connectivity index is 2.36. The number of aliphatic hydroxyl groups excluding tert-OH is 1. The van der Waals surface area contributed by atoms with E-state index in [-0.39, 0.29) is 5.82 Å². The van der Waals surface area contributed by atoms with Crippen LogP contribution in [0, 0.1) is 12.7 Å². The van der Waals surface area contributed by atoms with Crippen LogP contribution < -0.4 is 0 Å². The molecule has 1 unspecified atom stereocenters. The SMILES string of the molecule is Cc1ccc(C(O)c2cc(Br)c(Cl)s2)cc1F. The molecular formula is C12H9BrClFOS. The molecule has 0 saturated carbocycles. The van der Waals surface area contributed by atoms with Gasteiger partial charge in [-0.15, -0.1) is 11.3 Å². The van der Waals surface area contributed by atoms with Gasteiger partial charge in [0.15, 0.2) is 0 Å². The van der Waals surface area contributed by atoms with E-state index in [1.165, 1.54) is 17.4 Å². The molecule has 1 aromatic carbocycles. The second kappa shape index (κ2) is 5.06. The third-order valence-electron chi connectivity index (χ3n) is 2.45. The standard InChI is InChI=1S/C12H9BrClFOS/c1-6-2-3-7(4-9(6)15)11(16)10-5-8(13)12(14)17-10/h2-5,11,16H,1H3. The number of hydrogen-bond acceptors (Lipinski definition) is 2. The van der Waals surface area contributed by atoms with Crippen LogP contribution in [0.15, 0.2) is 28.7 Å². The maximum Gasteiger partial charge on any atom is 0.126 e. The smallest absolute Gasteiger partial charge is 0.126 e. The van der Waals surface area contributed by atoms with Gasteiger partial charge in [-0.1, -0.05) is 23.7 Å². The van der Waals surface area contributed by atoms with Crippen LogP contribution in [0.25, 0.3) is 0 Å². The van der Waals surface area contributed by atoms with Crippen LogP contribution in [0.1, 0.15) is 22.1 Å². The van der Waals surface area contributed by atoms with Gasteiger partial charge in [0.2, 0.25) is 0 Å². The summed E-state index contributed by atoms with van der Waals surface area (Å²) in [5.41, 5.74) is 1.09. The van der Waals surface area contributed by atoms with E-state index >= 15 is 0 Å². The monoisotopic (exact) mass is 334 g/mol. The zero-order valence-corrected chi connectivity index (χ0v) is 12.0. The first-order chi connectivity index (χ1) is 7.99. The largest absolute Gasteiger partial charge is 0.383 e. The van der Waals surface area contributed by atoms with E-state index in [1.807, 2.05) is 0 Å². The molecule has 17 heavy (non-hydrogen) atoms. The van der Waals surface area contributed by atoms with Gasteiger partial charge in [0.25, 0.3) is 0 Å². The minimum absolute atomic E-state index is 0.316. The van der Waals surface area contributed by atoms with Gasteiger partial charge >= 0.3 is 0 Å². The van der Waals surface area contributed by atoms with Crippen LogP contribution in [-0.2, 0) is 0 Å². The van der Waals surface area contributed by atoms with Gasteiger partial charge in [-0.3, -0.25) is 0 Å². The van der Waals surface area contributed by atoms with E-state index in [1.54, 1.807) is 25.1 Å². The highest BCUT2D eigenvalue weighted by Gasteiger charge is 2.16. The molecule has 0 aliphatic carbocycles. The van der Waals surface area contributed by atoms with Crippen molar-refractivity contribution in [1.82, 2.24) is 0 Å². The van der Waals surface area contributed by atoms with E-state index in [2.05, 4.69) is 15.9 Å². The van der Waals surface area contributed by atoms with Gasteiger partial charge in [0.1, 0.15) is 16.3 Å². The van der Waals surface area contributed by atoms with E-state index in [0.717, 1.165) is 4.47 Å². The van der Waals surface area contributed by atoms with Crippen molar-refractivity contribution in [2.75, 3.05) is 0 Å². The molecule has 1 aromatic heterocycles. The average Bonchev–Trinajstić information content (AvgIpc) is 2.62. The van der Waals surface area contributed by atoms with Gasteiger partial charge in [0.05, 0.1) is 0 Å². The summed E-state index contributed by atoms with van der Waals surface area (Å²) in [4.78, 5) is 0.685. The van der Waals surface area contributed by atoms with E-state index < -0.39 is 6.10 Å². The molecule has 0 spiro atoms. The molecule has 0 saturated heterocycles. The molecule has 0 aliphatic rings. The topological polar surface area (TPSA) is 20.2 Å². The third kappa shape index (κ3) is 2.71. The molecule has 1 nitrogen and oxygen atoms in total. The fourth-order valence-corrected chi connectivity index (χ4v) is 3.19. The number of aryl methyl sites for hydroxylation is 1. The Morgan fingerprint density at radius 2 is 2.12 bits per heavy atom. The highest BCUT2D eigenvalue weighted by Crippen LogP contribution is 2.37. The minimum atomic E-state index is -0.848. The second-order valence-electron chi connectivity index (χ2n) is 3.68. The van der Waals surface area contributed by atoms with Crippen LogP contribution in [-0.4, -0.2) is 5.11 Å². The summed E-state index contributed by atoms with van der Waals surface area (Å²) in [6.45, 7) is 1.68. The maximum absolute atomic E-state index is 13.4. The van der Waals surface area contributed by atoms with Gasteiger partial charge < -0.3 is 5.11 Å². The molecule has 2 aromatic rings. The van der Waals surface area contributed by atoms with Crippen LogP contribution in [0.3, 0.4) is 0 Å². The summed E-state index contributed by atoms with van der Waals surface area (Å²) in [5.74, 6) is -0.316. The molecule has 0 bridgehead atoms. The molecule has 1 atom stereocenters. The predicted molar refractivity (Wildman–Crippen MR) is 72.2 cm³/mol. The number of thiophene rings is 1. The molecule has 0 aliphatic heterocycles. The van der Waals surface area contributed by atoms with Crippen LogP contribution in [0.2, 0.25) is 4.34 Å². The van der Waals surface area contributed by atoms with Crippen molar-refractivity contribution in [2.45, 2.75) is 13.0 Å². The molecule has 1 heterocycles. The summed E-state index contributed by atoms with van der Waals surface area (Å²) < 4.78 is 14.7. The lowest BCUT2D eigenvalue weighted by Crippen LogP contribution is -1.98. The third-order valence-corrected chi connectivity index (χ3v) is 4.97. The van der Waals surface area contributed by atoms with E-state index in [0.29, 0.717) is 20.3 Å². The predicted octanol–water partition coefficient (Wildman–Crippen LogP) is 4.69. The van der Waals surface area contributed by atoms with Gasteiger partial charge in [-0.05, 0) is 46.1 Å². The summed E-state index contributed by atoms with van der Waals surface area (Å²) in [5, 5.41) is 10.1. The minimum Gasteiger partial charge on any atom is -0.383 e. The first kappa shape index (κ1) is 13.0. The lowest BCUT2D eigenvalue weighted by Gasteiger charge is -2.09. The molecule has 5 heteroatoms. The summed E-state index contributed by atoms with van der Waals surface area (Å²) in [7, 11) is 0. The number of aliphatic hydroxyl groups is 1. The average molecular weight is 336 g/mol. The van der Waals surface area contributed by atoms with Gasteiger partial charge in [-0.2, -0.15) is 0 Å². The van der Waals surface area contributed by atoms with Crippen LogP contribution >= 0.6 is 38.9 Å². The summed E-state index contributed by atoms with van der Waals surface area (Å²) in [6, 6.07) is 6.46. The quantitative estimate of drug-likeness (QED) is 0.844. The Morgan fingerprint density at radius 1 is 1.41 bits per heavy atom. The number of halogens is 3. The van der Waals surface area contributed by atoms with Gasteiger partial charge in [-0.25, -0.2) is 4.39 Å². The van der Waals surface area contributed by atoms with Gasteiger partial charge in [0, 0.05) is 9.35 Å². The summed E-state index contributed by atoms with van der Waals surface area (Å²) >= 11 is 10.5. The Kier molecular flexibility index (Phi) is 3.88. The van der Waals surface area contributed by atoms with Crippen LogP contribution in [0.4, 0.5) is 4.39 Å². The molecule has 90 valence electrons. The van der Waals surface area contributed by atoms with E-state index in [9.17, 15) is 9.50 Å². The second-order valence-corrected chi connectivity index (χ2v) is 6.22. The van der Waals surface area contributed by atoms with Crippen molar-refractivity contribution in [3.63, 3.8) is 0 Å². The number of rotatable bonds is 2. The molecular weight excluding hydrogens is 327 g/mol. The maximum atomic E-state index is 13.4. The first-order valence-corrected chi connectivity index (χ1v) is 6.86. The fourth-order valence-electron chi connectivity index (χ4n) is 1.44. The highest BCUT2D eigenvalue weighted by atomic mass is 79.9. The Morgan fingerprint density at radius 3 is 2.65 bits per heavy atom. The van der Waals surface area contributed by atoms with E-state index in [4.69, 9.17) is 11.6 Å². The van der Waals surface area contributed by atoms with Crippen molar-refractivity contribution in [1.29, 1.82) is 0 Å². The molecule has 0 amide bonds. The molecule has 2 rings (SSSR count). The van der Waals surface area contributed by atoms with Crippen molar-refractivity contribution in [3.05, 3.63) is 54.9 Å². The zero-order chi connectivity index (χ0) is 12.6. The van der Waals surface area contributed by atoms with Crippen molar-refractivity contribution >= 4 is 38.9 Å². The Labute approximate surface area is 116 Å². The normalized spacial score (nSPS) is 12.8. The Hall–Kier alpha value is -0.420. The lowest BCUT2D eigenvalue weighted by atomic mass is 10.1. The molecule has 0 fully saturated rings. The number of hydrogen-bond donors (Lipinski definition) is 1. The lowest BCUT2D eigenvalue weighted by molar-refractivity contribution is 0.223. The number of benzene rings is 1. The Bertz CT molecular complexity index is 536. The first-order valence-electron chi connectivity index (χ1n) is 4.88. The fraction of sp³-hybridized carbons (Fsp3) is 0.167. The van der Waals surface area contributed by atoms with Crippen molar-refractivity contribution < 1.29 is 9.50 Å². The molecule has 0 radical (unpaired) electrons. The summed E-state index contributed by atoms with van der Waals surface area (Å²) in [6.07, 6.45) is -0.848. The molecule has 1 N–H and O–H groups in total. The van der Waals surface area contributed by atoms with Crippen molar-refractivity contribution in [3.8, 4) is 0 Å².